The van der Waals surface area contributed by atoms with E-state index in [9.17, 15) is 4.79 Å². The number of nitriles is 1. The molecule has 0 saturated heterocycles. The highest BCUT2D eigenvalue weighted by atomic mass is 16.6. The molecule has 0 radical (unpaired) electrons. The number of amides is 1. The fraction of sp³-hybridized carbons (Fsp3) is 0.118. The van der Waals surface area contributed by atoms with Crippen molar-refractivity contribution < 1.29 is 9.63 Å². The summed E-state index contributed by atoms with van der Waals surface area (Å²) in [6.45, 7) is 1.79. The summed E-state index contributed by atoms with van der Waals surface area (Å²) in [6.07, 6.45) is 1.57. The van der Waals surface area contributed by atoms with Crippen LogP contribution in [0.2, 0.25) is 0 Å². The fourth-order valence-electron chi connectivity index (χ4n) is 1.75. The molecule has 0 saturated carbocycles. The van der Waals surface area contributed by atoms with Gasteiger partial charge in [-0.25, -0.2) is 0 Å². The van der Waals surface area contributed by atoms with Gasteiger partial charge in [0, 0.05) is 5.69 Å². The average Bonchev–Trinajstić information content (AvgIpc) is 2.54. The zero-order chi connectivity index (χ0) is 15.8. The molecule has 0 spiro atoms. The number of rotatable bonds is 5. The van der Waals surface area contributed by atoms with Gasteiger partial charge in [-0.15, -0.1) is 0 Å². The maximum atomic E-state index is 11.7. The molecule has 0 aromatic heterocycles. The van der Waals surface area contributed by atoms with Gasteiger partial charge in [0.15, 0.2) is 6.61 Å². The third-order valence-corrected chi connectivity index (χ3v) is 2.95. The van der Waals surface area contributed by atoms with Gasteiger partial charge in [0.05, 0.1) is 17.8 Å². The lowest BCUT2D eigenvalue weighted by molar-refractivity contribution is -0.120. The average molecular weight is 293 g/mol. The van der Waals surface area contributed by atoms with Crippen LogP contribution < -0.4 is 5.32 Å². The highest BCUT2D eigenvalue weighted by Crippen LogP contribution is 2.08. The van der Waals surface area contributed by atoms with Gasteiger partial charge in [-0.2, -0.15) is 5.26 Å². The van der Waals surface area contributed by atoms with Crippen LogP contribution in [0.3, 0.4) is 0 Å². The van der Waals surface area contributed by atoms with E-state index >= 15 is 0 Å². The second kappa shape index (κ2) is 7.60. The summed E-state index contributed by atoms with van der Waals surface area (Å²) >= 11 is 0. The van der Waals surface area contributed by atoms with Crippen molar-refractivity contribution in [3.05, 3.63) is 65.2 Å². The quantitative estimate of drug-likeness (QED) is 0.680. The number of carbonyl (C=O) groups is 1. The van der Waals surface area contributed by atoms with E-state index in [1.165, 1.54) is 0 Å². The lowest BCUT2D eigenvalue weighted by atomic mass is 10.1. The molecule has 1 N–H and O–H groups in total. The number of hydrogen-bond donors (Lipinski definition) is 1. The van der Waals surface area contributed by atoms with Gasteiger partial charge in [0.25, 0.3) is 5.91 Å². The molecule has 0 fully saturated rings. The molecule has 2 aromatic carbocycles. The molecule has 5 nitrogen and oxygen atoms in total. The second-order valence-corrected chi connectivity index (χ2v) is 4.60. The summed E-state index contributed by atoms with van der Waals surface area (Å²) in [4.78, 5) is 16.6. The van der Waals surface area contributed by atoms with E-state index in [0.717, 1.165) is 11.1 Å². The topological polar surface area (TPSA) is 74.5 Å². The number of aryl methyl sites for hydroxylation is 1. The number of hydrogen-bond acceptors (Lipinski definition) is 4. The molecule has 22 heavy (non-hydrogen) atoms. The normalized spacial score (nSPS) is 10.2. The van der Waals surface area contributed by atoms with Crippen molar-refractivity contribution in [2.75, 3.05) is 11.9 Å². The molecule has 2 aromatic rings. The lowest BCUT2D eigenvalue weighted by Gasteiger charge is -2.04. The van der Waals surface area contributed by atoms with Crippen LogP contribution in [0.15, 0.2) is 53.7 Å². The summed E-state index contributed by atoms with van der Waals surface area (Å²) in [5.74, 6) is -0.313. The number of anilines is 1. The molecule has 1 amide bonds. The Hall–Kier alpha value is -3.13. The zero-order valence-electron chi connectivity index (χ0n) is 12.1. The number of benzene rings is 2. The SMILES string of the molecule is Cc1ccccc1/C=N/OCC(=O)Nc1ccc(C#N)cc1. The van der Waals surface area contributed by atoms with E-state index in [0.29, 0.717) is 11.3 Å². The molecule has 0 aliphatic heterocycles. The van der Waals surface area contributed by atoms with E-state index in [1.807, 2.05) is 37.3 Å². The van der Waals surface area contributed by atoms with E-state index in [4.69, 9.17) is 10.1 Å². The van der Waals surface area contributed by atoms with Crippen LogP contribution >= 0.6 is 0 Å². The molecular weight excluding hydrogens is 278 g/mol. The van der Waals surface area contributed by atoms with Gasteiger partial charge in [0.1, 0.15) is 0 Å². The van der Waals surface area contributed by atoms with E-state index in [2.05, 4.69) is 10.5 Å². The smallest absolute Gasteiger partial charge is 0.265 e. The van der Waals surface area contributed by atoms with Crippen molar-refractivity contribution in [2.24, 2.45) is 5.16 Å². The molecule has 5 heteroatoms. The Kier molecular flexibility index (Phi) is 5.27. The molecule has 110 valence electrons. The van der Waals surface area contributed by atoms with Crippen LogP contribution in [0.1, 0.15) is 16.7 Å². The van der Waals surface area contributed by atoms with Crippen LogP contribution in [-0.4, -0.2) is 18.7 Å². The molecule has 0 aliphatic rings. The predicted octanol–water partition coefficient (Wildman–Crippen LogP) is 2.86. The first-order chi connectivity index (χ1) is 10.7. The summed E-state index contributed by atoms with van der Waals surface area (Å²) in [7, 11) is 0. The predicted molar refractivity (Wildman–Crippen MR) is 84.5 cm³/mol. The Balaban J connectivity index is 1.80. The fourth-order valence-corrected chi connectivity index (χ4v) is 1.75. The summed E-state index contributed by atoms with van der Waals surface area (Å²) in [6, 6.07) is 16.3. The molecule has 0 unspecified atom stereocenters. The molecule has 0 bridgehead atoms. The molecule has 2 rings (SSSR count). The highest BCUT2D eigenvalue weighted by Gasteiger charge is 2.02. The number of oxime groups is 1. The van der Waals surface area contributed by atoms with Crippen LogP contribution in [0, 0.1) is 18.3 Å². The van der Waals surface area contributed by atoms with E-state index in [-0.39, 0.29) is 12.5 Å². The van der Waals surface area contributed by atoms with Crippen molar-refractivity contribution in [2.45, 2.75) is 6.92 Å². The van der Waals surface area contributed by atoms with Crippen molar-refractivity contribution in [1.29, 1.82) is 5.26 Å². The first-order valence-electron chi connectivity index (χ1n) is 6.70. The van der Waals surface area contributed by atoms with Gasteiger partial charge in [-0.3, -0.25) is 4.79 Å². The van der Waals surface area contributed by atoms with Crippen LogP contribution in [0.25, 0.3) is 0 Å². The third kappa shape index (κ3) is 4.46. The van der Waals surface area contributed by atoms with Crippen molar-refractivity contribution in [1.82, 2.24) is 0 Å². The highest BCUT2D eigenvalue weighted by molar-refractivity contribution is 5.91. The Bertz CT molecular complexity index is 715. The number of nitrogens with zero attached hydrogens (tertiary/aromatic N) is 2. The standard InChI is InChI=1S/C17H15N3O2/c1-13-4-2-3-5-15(13)11-19-22-12-17(21)20-16-8-6-14(10-18)7-9-16/h2-9,11H,12H2,1H3,(H,20,21)/b19-11+. The first kappa shape index (κ1) is 15.3. The first-order valence-corrected chi connectivity index (χ1v) is 6.70. The van der Waals surface area contributed by atoms with Gasteiger partial charge in [-0.1, -0.05) is 29.4 Å². The minimum absolute atomic E-state index is 0.178. The van der Waals surface area contributed by atoms with Gasteiger partial charge in [0.2, 0.25) is 0 Å². The summed E-state index contributed by atoms with van der Waals surface area (Å²) in [5.41, 5.74) is 3.17. The largest absolute Gasteiger partial charge is 0.386 e. The monoisotopic (exact) mass is 293 g/mol. The van der Waals surface area contributed by atoms with Crippen LogP contribution in [0.5, 0.6) is 0 Å². The lowest BCUT2D eigenvalue weighted by Crippen LogP contribution is -2.16. The Morgan fingerprint density at radius 3 is 2.68 bits per heavy atom. The van der Waals surface area contributed by atoms with Gasteiger partial charge < -0.3 is 10.2 Å². The van der Waals surface area contributed by atoms with Crippen molar-refractivity contribution in [3.8, 4) is 6.07 Å². The van der Waals surface area contributed by atoms with E-state index < -0.39 is 0 Å². The van der Waals surface area contributed by atoms with Gasteiger partial charge in [-0.05, 0) is 42.3 Å². The van der Waals surface area contributed by atoms with Crippen LogP contribution in [-0.2, 0) is 9.63 Å². The molecule has 0 atom stereocenters. The third-order valence-electron chi connectivity index (χ3n) is 2.95. The van der Waals surface area contributed by atoms with Crippen molar-refractivity contribution >= 4 is 17.8 Å². The van der Waals surface area contributed by atoms with E-state index in [1.54, 1.807) is 30.5 Å². The van der Waals surface area contributed by atoms with Gasteiger partial charge >= 0.3 is 0 Å². The van der Waals surface area contributed by atoms with Crippen molar-refractivity contribution in [3.63, 3.8) is 0 Å². The molecule has 0 aliphatic carbocycles. The maximum Gasteiger partial charge on any atom is 0.265 e. The minimum atomic E-state index is -0.313. The summed E-state index contributed by atoms with van der Waals surface area (Å²) < 4.78 is 0. The minimum Gasteiger partial charge on any atom is -0.386 e. The zero-order valence-corrected chi connectivity index (χ0v) is 12.1. The Morgan fingerprint density at radius 2 is 2.00 bits per heavy atom. The maximum absolute atomic E-state index is 11.7. The second-order valence-electron chi connectivity index (χ2n) is 4.60. The molecular formula is C17H15N3O2. The Labute approximate surface area is 128 Å². The summed E-state index contributed by atoms with van der Waals surface area (Å²) in [5, 5.41) is 15.1. The number of carbonyl (C=O) groups excluding carboxylic acids is 1. The Morgan fingerprint density at radius 1 is 1.27 bits per heavy atom. The number of nitrogens with one attached hydrogen (secondary N) is 1. The van der Waals surface area contributed by atoms with Crippen LogP contribution in [0.4, 0.5) is 5.69 Å². The molecule has 0 heterocycles.